The molecule has 0 bridgehead atoms. The lowest BCUT2D eigenvalue weighted by Gasteiger charge is -2.18. The van der Waals surface area contributed by atoms with Crippen molar-refractivity contribution < 1.29 is 14.3 Å². The van der Waals surface area contributed by atoms with E-state index >= 15 is 0 Å². The van der Waals surface area contributed by atoms with Gasteiger partial charge in [-0.3, -0.25) is 4.79 Å². The molecule has 0 aliphatic carbocycles. The number of fused-ring (bicyclic) bond motifs is 1. The van der Waals surface area contributed by atoms with Crippen LogP contribution in [0, 0.1) is 5.41 Å². The molecule has 126 valence electrons. The molecule has 2 heterocycles. The quantitative estimate of drug-likeness (QED) is 0.797. The van der Waals surface area contributed by atoms with E-state index in [0.29, 0.717) is 30.3 Å². The van der Waals surface area contributed by atoms with E-state index in [0.717, 1.165) is 4.88 Å². The van der Waals surface area contributed by atoms with Crippen LogP contribution >= 0.6 is 11.3 Å². The number of nitrogens with one attached hydrogen (secondary N) is 3. The van der Waals surface area contributed by atoms with Crippen molar-refractivity contribution >= 4 is 34.6 Å². The predicted octanol–water partition coefficient (Wildman–Crippen LogP) is 3.43. The topological polar surface area (TPSA) is 79.5 Å². The number of thiophene rings is 1. The SMILES string of the molecule is CC1(C)COc2ccc(NC(=O)NCc3cccs3)cc2NC1=O. The summed E-state index contributed by atoms with van der Waals surface area (Å²) in [6.07, 6.45) is 0. The molecule has 0 unspecified atom stereocenters. The Labute approximate surface area is 144 Å². The minimum Gasteiger partial charge on any atom is -0.490 e. The van der Waals surface area contributed by atoms with Gasteiger partial charge in [-0.1, -0.05) is 6.07 Å². The van der Waals surface area contributed by atoms with Crippen LogP contribution in [-0.2, 0) is 11.3 Å². The first-order valence-electron chi connectivity index (χ1n) is 7.59. The molecule has 3 rings (SSSR count). The van der Waals surface area contributed by atoms with Crippen LogP contribution in [0.25, 0.3) is 0 Å². The van der Waals surface area contributed by atoms with Crippen molar-refractivity contribution in [2.75, 3.05) is 17.2 Å². The van der Waals surface area contributed by atoms with Crippen molar-refractivity contribution in [2.24, 2.45) is 5.41 Å². The lowest BCUT2D eigenvalue weighted by Crippen LogP contribution is -2.33. The molecule has 0 saturated heterocycles. The molecular formula is C17H19N3O3S. The van der Waals surface area contributed by atoms with Gasteiger partial charge in [0.2, 0.25) is 5.91 Å². The van der Waals surface area contributed by atoms with Gasteiger partial charge in [-0.05, 0) is 43.5 Å². The summed E-state index contributed by atoms with van der Waals surface area (Å²) in [4.78, 5) is 25.2. The third-order valence-corrected chi connectivity index (χ3v) is 4.57. The zero-order chi connectivity index (χ0) is 17.2. The Kier molecular flexibility index (Phi) is 4.44. The molecule has 1 aromatic heterocycles. The van der Waals surface area contributed by atoms with Gasteiger partial charge in [0.15, 0.2) is 0 Å². The van der Waals surface area contributed by atoms with E-state index in [-0.39, 0.29) is 11.9 Å². The predicted molar refractivity (Wildman–Crippen MR) is 94.5 cm³/mol. The molecule has 0 radical (unpaired) electrons. The summed E-state index contributed by atoms with van der Waals surface area (Å²) >= 11 is 1.59. The fourth-order valence-electron chi connectivity index (χ4n) is 2.20. The van der Waals surface area contributed by atoms with Crippen molar-refractivity contribution in [3.63, 3.8) is 0 Å². The number of carbonyl (C=O) groups is 2. The van der Waals surface area contributed by atoms with Crippen LogP contribution in [0.1, 0.15) is 18.7 Å². The molecule has 0 atom stereocenters. The third-order valence-electron chi connectivity index (χ3n) is 3.69. The Hall–Kier alpha value is -2.54. The molecule has 7 heteroatoms. The summed E-state index contributed by atoms with van der Waals surface area (Å²) in [7, 11) is 0. The molecule has 1 aromatic carbocycles. The van der Waals surface area contributed by atoms with Crippen LogP contribution in [0.15, 0.2) is 35.7 Å². The highest BCUT2D eigenvalue weighted by Crippen LogP contribution is 2.34. The van der Waals surface area contributed by atoms with Crippen LogP contribution in [0.2, 0.25) is 0 Å². The zero-order valence-electron chi connectivity index (χ0n) is 13.5. The van der Waals surface area contributed by atoms with Crippen molar-refractivity contribution in [3.8, 4) is 5.75 Å². The second-order valence-electron chi connectivity index (χ2n) is 6.22. The van der Waals surface area contributed by atoms with Crippen molar-refractivity contribution in [3.05, 3.63) is 40.6 Å². The summed E-state index contributed by atoms with van der Waals surface area (Å²) in [6.45, 7) is 4.43. The molecule has 2 aromatic rings. The van der Waals surface area contributed by atoms with Crippen molar-refractivity contribution in [2.45, 2.75) is 20.4 Å². The van der Waals surface area contributed by atoms with Crippen LogP contribution in [-0.4, -0.2) is 18.5 Å². The van der Waals surface area contributed by atoms with Gasteiger partial charge in [0.1, 0.15) is 12.4 Å². The van der Waals surface area contributed by atoms with Crippen LogP contribution in [0.4, 0.5) is 16.2 Å². The van der Waals surface area contributed by atoms with E-state index in [4.69, 9.17) is 4.74 Å². The van der Waals surface area contributed by atoms with Gasteiger partial charge < -0.3 is 20.7 Å². The van der Waals surface area contributed by atoms with Crippen LogP contribution < -0.4 is 20.7 Å². The van der Waals surface area contributed by atoms with E-state index < -0.39 is 5.41 Å². The molecular weight excluding hydrogens is 326 g/mol. The van der Waals surface area contributed by atoms with Crippen molar-refractivity contribution in [1.82, 2.24) is 5.32 Å². The summed E-state index contributed by atoms with van der Waals surface area (Å²) in [5.41, 5.74) is 0.535. The van der Waals surface area contributed by atoms with Crippen molar-refractivity contribution in [1.29, 1.82) is 0 Å². The van der Waals surface area contributed by atoms with Gasteiger partial charge in [0.25, 0.3) is 0 Å². The fourth-order valence-corrected chi connectivity index (χ4v) is 2.85. The lowest BCUT2D eigenvalue weighted by molar-refractivity contribution is -0.124. The first-order valence-corrected chi connectivity index (χ1v) is 8.47. The maximum Gasteiger partial charge on any atom is 0.319 e. The van der Waals surface area contributed by atoms with Gasteiger partial charge in [0, 0.05) is 10.6 Å². The molecule has 0 spiro atoms. The van der Waals surface area contributed by atoms with Crippen LogP contribution in [0.3, 0.4) is 0 Å². The monoisotopic (exact) mass is 345 g/mol. The minimum atomic E-state index is -0.606. The largest absolute Gasteiger partial charge is 0.490 e. The molecule has 24 heavy (non-hydrogen) atoms. The number of carbonyl (C=O) groups excluding carboxylic acids is 2. The Morgan fingerprint density at radius 1 is 1.38 bits per heavy atom. The molecule has 0 saturated carbocycles. The number of amides is 3. The molecule has 0 fully saturated rings. The minimum absolute atomic E-state index is 0.111. The van der Waals surface area contributed by atoms with Gasteiger partial charge in [-0.15, -0.1) is 11.3 Å². The normalized spacial score (nSPS) is 15.5. The Bertz CT molecular complexity index is 756. The summed E-state index contributed by atoms with van der Waals surface area (Å²) in [6, 6.07) is 8.78. The molecule has 6 nitrogen and oxygen atoms in total. The zero-order valence-corrected chi connectivity index (χ0v) is 14.3. The maximum atomic E-state index is 12.2. The molecule has 1 aliphatic rings. The summed E-state index contributed by atoms with van der Waals surface area (Å²) < 4.78 is 5.68. The van der Waals surface area contributed by atoms with Gasteiger partial charge in [-0.25, -0.2) is 4.79 Å². The van der Waals surface area contributed by atoms with Gasteiger partial charge in [0.05, 0.1) is 17.6 Å². The first-order chi connectivity index (χ1) is 11.4. The van der Waals surface area contributed by atoms with E-state index in [1.54, 1.807) is 29.5 Å². The van der Waals surface area contributed by atoms with E-state index in [2.05, 4.69) is 16.0 Å². The lowest BCUT2D eigenvalue weighted by atomic mass is 9.94. The third kappa shape index (κ3) is 3.68. The number of hydrogen-bond acceptors (Lipinski definition) is 4. The number of hydrogen-bond donors (Lipinski definition) is 3. The highest BCUT2D eigenvalue weighted by atomic mass is 32.1. The Morgan fingerprint density at radius 3 is 2.96 bits per heavy atom. The Balaban J connectivity index is 1.66. The maximum absolute atomic E-state index is 12.2. The number of rotatable bonds is 3. The highest BCUT2D eigenvalue weighted by molar-refractivity contribution is 7.09. The number of urea groups is 1. The number of ether oxygens (including phenoxy) is 1. The fraction of sp³-hybridized carbons (Fsp3) is 0.294. The second kappa shape index (κ2) is 6.52. The molecule has 3 N–H and O–H groups in total. The van der Waals surface area contributed by atoms with E-state index in [1.165, 1.54) is 0 Å². The molecule has 1 aliphatic heterocycles. The summed E-state index contributed by atoms with van der Waals surface area (Å²) in [5, 5.41) is 10.4. The average molecular weight is 345 g/mol. The highest BCUT2D eigenvalue weighted by Gasteiger charge is 2.32. The van der Waals surface area contributed by atoms with E-state index in [9.17, 15) is 9.59 Å². The second-order valence-corrected chi connectivity index (χ2v) is 7.26. The first kappa shape index (κ1) is 16.3. The number of anilines is 2. The van der Waals surface area contributed by atoms with Crippen LogP contribution in [0.5, 0.6) is 5.75 Å². The average Bonchev–Trinajstić information content (AvgIpc) is 3.02. The van der Waals surface area contributed by atoms with Gasteiger partial charge >= 0.3 is 6.03 Å². The van der Waals surface area contributed by atoms with Gasteiger partial charge in [-0.2, -0.15) is 0 Å². The smallest absolute Gasteiger partial charge is 0.319 e. The molecule has 3 amide bonds. The summed E-state index contributed by atoms with van der Waals surface area (Å²) in [5.74, 6) is 0.485. The standard InChI is InChI=1S/C17H19N3O3S/c1-17(2)10-23-14-6-5-11(8-13(14)20-15(17)21)19-16(22)18-9-12-4-3-7-24-12/h3-8H,9-10H2,1-2H3,(H,20,21)(H2,18,19,22). The Morgan fingerprint density at radius 2 is 2.21 bits per heavy atom. The van der Waals surface area contributed by atoms with E-state index in [1.807, 2.05) is 31.4 Å². The number of benzene rings is 1.